The lowest BCUT2D eigenvalue weighted by molar-refractivity contribution is -0.117. The molecule has 0 saturated carbocycles. The van der Waals surface area contributed by atoms with Gasteiger partial charge in [-0.2, -0.15) is 10.2 Å². The minimum Gasteiger partial charge on any atom is -0.308 e. The third-order valence-electron chi connectivity index (χ3n) is 3.60. The number of hydrogen-bond donors (Lipinski definition) is 2. The molecule has 1 aliphatic heterocycles. The number of carbonyl (C=O) groups is 1. The van der Waals surface area contributed by atoms with Gasteiger partial charge in [0.25, 0.3) is 0 Å². The Hall–Kier alpha value is -2.22. The summed E-state index contributed by atoms with van der Waals surface area (Å²) in [7, 11) is 1.82. The van der Waals surface area contributed by atoms with Crippen LogP contribution in [0, 0.1) is 6.92 Å². The molecule has 2 N–H and O–H groups in total. The van der Waals surface area contributed by atoms with Crippen molar-refractivity contribution in [3.05, 3.63) is 23.9 Å². The van der Waals surface area contributed by atoms with Crippen LogP contribution < -0.4 is 5.32 Å². The van der Waals surface area contributed by atoms with Crippen LogP contribution in [0.3, 0.4) is 0 Å². The maximum atomic E-state index is 12.1. The predicted molar refractivity (Wildman–Crippen MR) is 76.5 cm³/mol. The van der Waals surface area contributed by atoms with E-state index in [9.17, 15) is 4.79 Å². The third-order valence-corrected chi connectivity index (χ3v) is 3.60. The zero-order chi connectivity index (χ0) is 14.8. The van der Waals surface area contributed by atoms with E-state index in [2.05, 4.69) is 30.5 Å². The molecule has 8 heteroatoms. The summed E-state index contributed by atoms with van der Waals surface area (Å²) >= 11 is 0. The van der Waals surface area contributed by atoms with Gasteiger partial charge in [0.2, 0.25) is 5.91 Å². The normalized spacial score (nSPS) is 19.0. The maximum Gasteiger partial charge on any atom is 0.239 e. The van der Waals surface area contributed by atoms with Crippen LogP contribution in [0.2, 0.25) is 0 Å². The Morgan fingerprint density at radius 2 is 2.43 bits per heavy atom. The standard InChI is InChI=1S/C13H19N7O/c1-9-14-13(17-16-9)10-4-3-6-20(10)8-12(21)15-11-5-7-19(2)18-11/h5,7,10H,3-4,6,8H2,1-2H3,(H,14,16,17)(H,15,18,21). The summed E-state index contributed by atoms with van der Waals surface area (Å²) < 4.78 is 1.66. The number of nitrogens with zero attached hydrogens (tertiary/aromatic N) is 5. The fraction of sp³-hybridized carbons (Fsp3) is 0.538. The number of rotatable bonds is 4. The lowest BCUT2D eigenvalue weighted by atomic mass is 10.2. The van der Waals surface area contributed by atoms with E-state index >= 15 is 0 Å². The second-order valence-corrected chi connectivity index (χ2v) is 5.33. The summed E-state index contributed by atoms with van der Waals surface area (Å²) in [5, 5.41) is 14.0. The molecule has 0 aliphatic carbocycles. The molecule has 0 bridgehead atoms. The Morgan fingerprint density at radius 3 is 3.10 bits per heavy atom. The molecule has 112 valence electrons. The highest BCUT2D eigenvalue weighted by molar-refractivity contribution is 5.91. The Morgan fingerprint density at radius 1 is 1.57 bits per heavy atom. The van der Waals surface area contributed by atoms with Crippen molar-refractivity contribution in [2.24, 2.45) is 7.05 Å². The van der Waals surface area contributed by atoms with Crippen LogP contribution in [-0.2, 0) is 11.8 Å². The highest BCUT2D eigenvalue weighted by Gasteiger charge is 2.30. The van der Waals surface area contributed by atoms with E-state index in [0.29, 0.717) is 12.4 Å². The van der Waals surface area contributed by atoms with Crippen molar-refractivity contribution in [1.82, 2.24) is 29.9 Å². The van der Waals surface area contributed by atoms with Gasteiger partial charge >= 0.3 is 0 Å². The van der Waals surface area contributed by atoms with Crippen LogP contribution in [0.4, 0.5) is 5.82 Å². The summed E-state index contributed by atoms with van der Waals surface area (Å²) in [6.45, 7) is 3.09. The van der Waals surface area contributed by atoms with Gasteiger partial charge in [0.1, 0.15) is 5.82 Å². The average molecular weight is 289 g/mol. The van der Waals surface area contributed by atoms with Gasteiger partial charge in [-0.1, -0.05) is 0 Å². The third kappa shape index (κ3) is 3.10. The number of aryl methyl sites for hydroxylation is 2. The molecule has 1 amide bonds. The first-order valence-corrected chi connectivity index (χ1v) is 7.04. The fourth-order valence-electron chi connectivity index (χ4n) is 2.67. The topological polar surface area (TPSA) is 91.7 Å². The highest BCUT2D eigenvalue weighted by Crippen LogP contribution is 2.29. The molecular weight excluding hydrogens is 270 g/mol. The maximum absolute atomic E-state index is 12.1. The number of likely N-dealkylation sites (tertiary alicyclic amines) is 1. The molecule has 2 aromatic rings. The summed E-state index contributed by atoms with van der Waals surface area (Å²) in [6.07, 6.45) is 3.83. The number of H-pyrrole nitrogens is 1. The molecule has 3 rings (SSSR count). The number of amides is 1. The monoisotopic (exact) mass is 289 g/mol. The molecule has 2 aromatic heterocycles. The van der Waals surface area contributed by atoms with Crippen LogP contribution in [0.25, 0.3) is 0 Å². The second-order valence-electron chi connectivity index (χ2n) is 5.33. The van der Waals surface area contributed by atoms with Gasteiger partial charge in [-0.15, -0.1) is 0 Å². The molecular formula is C13H19N7O. The molecule has 1 atom stereocenters. The van der Waals surface area contributed by atoms with E-state index < -0.39 is 0 Å². The number of hydrogen-bond acceptors (Lipinski definition) is 5. The molecule has 3 heterocycles. The fourth-order valence-corrected chi connectivity index (χ4v) is 2.67. The first-order chi connectivity index (χ1) is 10.1. The SMILES string of the molecule is Cc1nc(C2CCCN2CC(=O)Nc2ccn(C)n2)n[nH]1. The average Bonchev–Trinajstić information content (AvgIpc) is 3.12. The van der Waals surface area contributed by atoms with E-state index in [1.807, 2.05) is 14.0 Å². The number of anilines is 1. The van der Waals surface area contributed by atoms with Gasteiger partial charge < -0.3 is 5.32 Å². The van der Waals surface area contributed by atoms with Gasteiger partial charge in [0, 0.05) is 19.3 Å². The Kier molecular flexibility index (Phi) is 3.70. The first-order valence-electron chi connectivity index (χ1n) is 7.04. The zero-order valence-corrected chi connectivity index (χ0v) is 12.2. The smallest absolute Gasteiger partial charge is 0.239 e. The molecule has 21 heavy (non-hydrogen) atoms. The van der Waals surface area contributed by atoms with E-state index in [4.69, 9.17) is 0 Å². The van der Waals surface area contributed by atoms with Crippen molar-refractivity contribution in [2.75, 3.05) is 18.4 Å². The number of aromatic nitrogens is 5. The van der Waals surface area contributed by atoms with Gasteiger partial charge in [0.05, 0.1) is 12.6 Å². The van der Waals surface area contributed by atoms with Gasteiger partial charge in [-0.25, -0.2) is 4.98 Å². The van der Waals surface area contributed by atoms with E-state index in [0.717, 1.165) is 31.0 Å². The summed E-state index contributed by atoms with van der Waals surface area (Å²) in [4.78, 5) is 18.6. The lowest BCUT2D eigenvalue weighted by Crippen LogP contribution is -2.33. The van der Waals surface area contributed by atoms with Crippen molar-refractivity contribution >= 4 is 11.7 Å². The van der Waals surface area contributed by atoms with Crippen LogP contribution in [0.15, 0.2) is 12.3 Å². The zero-order valence-electron chi connectivity index (χ0n) is 12.2. The van der Waals surface area contributed by atoms with E-state index in [-0.39, 0.29) is 11.9 Å². The lowest BCUT2D eigenvalue weighted by Gasteiger charge is -2.21. The molecule has 1 saturated heterocycles. The number of aromatic amines is 1. The molecule has 8 nitrogen and oxygen atoms in total. The van der Waals surface area contributed by atoms with Crippen LogP contribution in [0.5, 0.6) is 0 Å². The van der Waals surface area contributed by atoms with Gasteiger partial charge in [0.15, 0.2) is 11.6 Å². The summed E-state index contributed by atoms with van der Waals surface area (Å²) in [5.74, 6) is 2.09. The molecule has 1 aliphatic rings. The Bertz CT molecular complexity index is 632. The van der Waals surface area contributed by atoms with E-state index in [1.54, 1.807) is 16.9 Å². The predicted octanol–water partition coefficient (Wildman–Crippen LogP) is 0.622. The molecule has 1 unspecified atom stereocenters. The minimum atomic E-state index is -0.0622. The molecule has 0 radical (unpaired) electrons. The van der Waals surface area contributed by atoms with Crippen molar-refractivity contribution < 1.29 is 4.79 Å². The van der Waals surface area contributed by atoms with Crippen LogP contribution in [0.1, 0.15) is 30.5 Å². The number of carbonyl (C=O) groups excluding carboxylic acids is 1. The highest BCUT2D eigenvalue weighted by atomic mass is 16.2. The summed E-state index contributed by atoms with van der Waals surface area (Å²) in [6, 6.07) is 1.89. The van der Waals surface area contributed by atoms with Crippen LogP contribution in [-0.4, -0.2) is 48.9 Å². The van der Waals surface area contributed by atoms with Gasteiger partial charge in [-0.05, 0) is 26.3 Å². The van der Waals surface area contributed by atoms with Gasteiger partial charge in [-0.3, -0.25) is 19.5 Å². The molecule has 0 spiro atoms. The van der Waals surface area contributed by atoms with Crippen LogP contribution >= 0.6 is 0 Å². The quantitative estimate of drug-likeness (QED) is 0.861. The van der Waals surface area contributed by atoms with E-state index in [1.165, 1.54) is 0 Å². The first kappa shape index (κ1) is 13.7. The number of nitrogens with one attached hydrogen (secondary N) is 2. The minimum absolute atomic E-state index is 0.0622. The Balaban J connectivity index is 1.62. The van der Waals surface area contributed by atoms with Crippen molar-refractivity contribution in [3.8, 4) is 0 Å². The molecule has 1 fully saturated rings. The second kappa shape index (κ2) is 5.65. The molecule has 0 aromatic carbocycles. The van der Waals surface area contributed by atoms with Crippen molar-refractivity contribution in [3.63, 3.8) is 0 Å². The summed E-state index contributed by atoms with van der Waals surface area (Å²) in [5.41, 5.74) is 0. The Labute approximate surface area is 122 Å². The largest absolute Gasteiger partial charge is 0.308 e. The van der Waals surface area contributed by atoms with Crippen molar-refractivity contribution in [2.45, 2.75) is 25.8 Å². The van der Waals surface area contributed by atoms with Crippen molar-refractivity contribution in [1.29, 1.82) is 0 Å².